The molecule has 2 rings (SSSR count). The van der Waals surface area contributed by atoms with E-state index in [0.29, 0.717) is 16.6 Å². The topological polar surface area (TPSA) is 62.9 Å². The van der Waals surface area contributed by atoms with Crippen molar-refractivity contribution in [2.24, 2.45) is 0 Å². The number of hydrogen-bond acceptors (Lipinski definition) is 4. The smallest absolute Gasteiger partial charge is 0.291 e. The van der Waals surface area contributed by atoms with E-state index >= 15 is 0 Å². The first-order valence-corrected chi connectivity index (χ1v) is 6.49. The number of ether oxygens (including phenoxy) is 1. The van der Waals surface area contributed by atoms with Gasteiger partial charge in [0, 0.05) is 13.0 Å². The van der Waals surface area contributed by atoms with Crippen LogP contribution >= 0.6 is 0 Å². The maximum absolute atomic E-state index is 12.8. The lowest BCUT2D eigenvalue weighted by molar-refractivity contribution is -0.166. The van der Waals surface area contributed by atoms with Gasteiger partial charge in [0.15, 0.2) is 5.76 Å². The first-order valence-electron chi connectivity index (χ1n) is 6.49. The van der Waals surface area contributed by atoms with E-state index in [1.807, 2.05) is 0 Å². The molecule has 2 aromatic rings. The van der Waals surface area contributed by atoms with Gasteiger partial charge in [0.1, 0.15) is 17.6 Å². The molecule has 1 unspecified atom stereocenters. The molecule has 0 aliphatic heterocycles. The number of furan rings is 1. The van der Waals surface area contributed by atoms with Crippen molar-refractivity contribution in [2.75, 3.05) is 0 Å². The third kappa shape index (κ3) is 4.11. The molecule has 1 heterocycles. The molecule has 0 spiro atoms. The van der Waals surface area contributed by atoms with Crippen molar-refractivity contribution < 1.29 is 23.5 Å². The van der Waals surface area contributed by atoms with E-state index in [4.69, 9.17) is 9.15 Å². The normalized spacial score (nSPS) is 11.3. The first-order chi connectivity index (χ1) is 10.5. The minimum atomic E-state index is -0.663. The number of amides is 1. The molecule has 0 saturated heterocycles. The number of nitrogens with zero attached hydrogens (tertiary/aromatic N) is 1. The summed E-state index contributed by atoms with van der Waals surface area (Å²) in [5.41, 5.74) is 0. The van der Waals surface area contributed by atoms with Crippen molar-refractivity contribution in [3.63, 3.8) is 0 Å². The lowest BCUT2D eigenvalue weighted by Crippen LogP contribution is -2.32. The molecular weight excluding hydrogens is 289 g/mol. The molecule has 22 heavy (non-hydrogen) atoms. The highest BCUT2D eigenvalue weighted by atomic mass is 19.1. The molecule has 1 N–H and O–H groups in total. The maximum atomic E-state index is 12.8. The van der Waals surface area contributed by atoms with E-state index in [1.54, 1.807) is 19.1 Å². The predicted molar refractivity (Wildman–Crippen MR) is 75.8 cm³/mol. The zero-order valence-electron chi connectivity index (χ0n) is 12.0. The summed E-state index contributed by atoms with van der Waals surface area (Å²) >= 11 is 0. The standard InChI is InChI=1S/C16H14FNO4/c1-11(18(20)12(2)19)3-6-14-9-10-16(21-14)22-15-7-4-13(17)5-8-15/h4-5,7-11,20H,1-2H3. The van der Waals surface area contributed by atoms with Crippen LogP contribution in [0, 0.1) is 17.7 Å². The summed E-state index contributed by atoms with van der Waals surface area (Å²) in [6.07, 6.45) is 0. The zero-order valence-corrected chi connectivity index (χ0v) is 12.0. The molecule has 1 atom stereocenters. The van der Waals surface area contributed by atoms with Crippen molar-refractivity contribution in [1.29, 1.82) is 0 Å². The van der Waals surface area contributed by atoms with Gasteiger partial charge in [0.2, 0.25) is 5.91 Å². The summed E-state index contributed by atoms with van der Waals surface area (Å²) in [6.45, 7) is 2.81. The van der Waals surface area contributed by atoms with E-state index in [9.17, 15) is 14.4 Å². The summed E-state index contributed by atoms with van der Waals surface area (Å²) in [7, 11) is 0. The Bertz CT molecular complexity index is 712. The fraction of sp³-hybridized carbons (Fsp3) is 0.188. The van der Waals surface area contributed by atoms with Gasteiger partial charge in [-0.25, -0.2) is 9.45 Å². The summed E-state index contributed by atoms with van der Waals surface area (Å²) in [6, 6.07) is 8.00. The fourth-order valence-electron chi connectivity index (χ4n) is 1.57. The van der Waals surface area contributed by atoms with Gasteiger partial charge in [-0.1, -0.05) is 5.92 Å². The minimum Gasteiger partial charge on any atom is -0.426 e. The number of hydrogen-bond donors (Lipinski definition) is 1. The van der Waals surface area contributed by atoms with Crippen LogP contribution in [0.3, 0.4) is 0 Å². The molecule has 6 heteroatoms. The average molecular weight is 303 g/mol. The van der Waals surface area contributed by atoms with Gasteiger partial charge >= 0.3 is 0 Å². The average Bonchev–Trinajstić information content (AvgIpc) is 2.94. The Morgan fingerprint density at radius 3 is 2.64 bits per heavy atom. The third-order valence-electron chi connectivity index (χ3n) is 2.71. The number of benzene rings is 1. The van der Waals surface area contributed by atoms with Crippen LogP contribution in [0.5, 0.6) is 11.7 Å². The van der Waals surface area contributed by atoms with Crippen LogP contribution in [0.4, 0.5) is 4.39 Å². The van der Waals surface area contributed by atoms with Gasteiger partial charge in [0.25, 0.3) is 5.95 Å². The number of carbonyl (C=O) groups is 1. The van der Waals surface area contributed by atoms with Crippen molar-refractivity contribution >= 4 is 5.91 Å². The van der Waals surface area contributed by atoms with Gasteiger partial charge in [-0.3, -0.25) is 10.0 Å². The van der Waals surface area contributed by atoms with Crippen molar-refractivity contribution in [2.45, 2.75) is 19.9 Å². The molecule has 0 aliphatic carbocycles. The first kappa shape index (κ1) is 15.6. The number of hydroxylamine groups is 2. The molecule has 5 nitrogen and oxygen atoms in total. The van der Waals surface area contributed by atoms with Gasteiger partial charge in [-0.15, -0.1) is 0 Å². The van der Waals surface area contributed by atoms with E-state index in [0.717, 1.165) is 0 Å². The monoisotopic (exact) mass is 303 g/mol. The lowest BCUT2D eigenvalue weighted by Gasteiger charge is -2.15. The summed E-state index contributed by atoms with van der Waals surface area (Å²) in [5.74, 6) is 5.46. The van der Waals surface area contributed by atoms with Crippen LogP contribution < -0.4 is 4.74 Å². The number of rotatable bonds is 3. The highest BCUT2D eigenvalue weighted by Gasteiger charge is 2.11. The lowest BCUT2D eigenvalue weighted by atomic mass is 10.3. The van der Waals surface area contributed by atoms with Gasteiger partial charge in [-0.05, 0) is 43.2 Å². The highest BCUT2D eigenvalue weighted by Crippen LogP contribution is 2.23. The Morgan fingerprint density at radius 1 is 1.32 bits per heavy atom. The number of carbonyl (C=O) groups excluding carboxylic acids is 1. The Kier molecular flexibility index (Phi) is 4.81. The second-order valence-electron chi connectivity index (χ2n) is 4.48. The molecule has 114 valence electrons. The van der Waals surface area contributed by atoms with Crippen LogP contribution in [0.25, 0.3) is 0 Å². The number of halogens is 1. The molecule has 1 aromatic carbocycles. The molecule has 0 saturated carbocycles. The molecule has 0 aliphatic rings. The maximum Gasteiger partial charge on any atom is 0.291 e. The Labute approximate surface area is 126 Å². The third-order valence-corrected chi connectivity index (χ3v) is 2.71. The van der Waals surface area contributed by atoms with Gasteiger partial charge < -0.3 is 9.15 Å². The van der Waals surface area contributed by atoms with E-state index in [-0.39, 0.29) is 11.8 Å². The second-order valence-corrected chi connectivity index (χ2v) is 4.48. The second kappa shape index (κ2) is 6.78. The predicted octanol–water partition coefficient (Wildman–Crippen LogP) is 3.19. The SMILES string of the molecule is CC(=O)N(O)C(C)C#Cc1ccc(Oc2ccc(F)cc2)o1. The van der Waals surface area contributed by atoms with E-state index < -0.39 is 11.9 Å². The molecule has 0 fully saturated rings. The Hall–Kier alpha value is -2.78. The zero-order chi connectivity index (χ0) is 16.1. The molecule has 0 radical (unpaired) electrons. The molecule has 0 bridgehead atoms. The Morgan fingerprint density at radius 2 is 2.00 bits per heavy atom. The van der Waals surface area contributed by atoms with Gasteiger partial charge in [0.05, 0.1) is 0 Å². The largest absolute Gasteiger partial charge is 0.426 e. The molecule has 1 amide bonds. The Balaban J connectivity index is 2.03. The van der Waals surface area contributed by atoms with Crippen LogP contribution in [-0.2, 0) is 4.79 Å². The van der Waals surface area contributed by atoms with Gasteiger partial charge in [-0.2, -0.15) is 0 Å². The van der Waals surface area contributed by atoms with E-state index in [2.05, 4.69) is 11.8 Å². The van der Waals surface area contributed by atoms with Crippen LogP contribution in [0.15, 0.2) is 40.8 Å². The summed E-state index contributed by atoms with van der Waals surface area (Å²) < 4.78 is 23.5. The fourth-order valence-corrected chi connectivity index (χ4v) is 1.57. The summed E-state index contributed by atoms with van der Waals surface area (Å²) in [4.78, 5) is 11.0. The highest BCUT2D eigenvalue weighted by molar-refractivity contribution is 5.72. The van der Waals surface area contributed by atoms with Crippen LogP contribution in [-0.4, -0.2) is 22.2 Å². The molecular formula is C16H14FNO4. The van der Waals surface area contributed by atoms with Crippen molar-refractivity contribution in [1.82, 2.24) is 5.06 Å². The van der Waals surface area contributed by atoms with Crippen molar-refractivity contribution in [3.05, 3.63) is 48.0 Å². The quantitative estimate of drug-likeness (QED) is 0.537. The van der Waals surface area contributed by atoms with Crippen LogP contribution in [0.2, 0.25) is 0 Å². The molecule has 1 aromatic heterocycles. The van der Waals surface area contributed by atoms with E-state index in [1.165, 1.54) is 31.2 Å². The summed E-state index contributed by atoms with van der Waals surface area (Å²) in [5, 5.41) is 9.92. The minimum absolute atomic E-state index is 0.205. The van der Waals surface area contributed by atoms with Crippen LogP contribution in [0.1, 0.15) is 19.6 Å². The van der Waals surface area contributed by atoms with Crippen molar-refractivity contribution in [3.8, 4) is 23.5 Å².